The SMILES string of the molecule is C#C[C@@H](O[C@H]1CC=CC[C@H]1O)c1ccccc1. The Kier molecular flexibility index (Phi) is 3.98. The first-order valence-electron chi connectivity index (χ1n) is 5.81. The molecule has 0 spiro atoms. The fourth-order valence-corrected chi connectivity index (χ4v) is 1.94. The highest BCUT2D eigenvalue weighted by Gasteiger charge is 2.24. The number of aliphatic hydroxyl groups excluding tert-OH is 1. The van der Waals surface area contributed by atoms with Crippen LogP contribution >= 0.6 is 0 Å². The standard InChI is InChI=1S/C15H16O2/c1-2-14(12-8-4-3-5-9-12)17-15-11-7-6-10-13(15)16/h1,3-9,13-16H,10-11H2/t13-,14-,15+/m1/s1. The first-order chi connectivity index (χ1) is 8.31. The molecular formula is C15H16O2. The fraction of sp³-hybridized carbons (Fsp3) is 0.333. The van der Waals surface area contributed by atoms with Crippen molar-refractivity contribution in [1.29, 1.82) is 0 Å². The second kappa shape index (κ2) is 5.67. The molecule has 0 saturated heterocycles. The third kappa shape index (κ3) is 2.97. The molecule has 2 heteroatoms. The van der Waals surface area contributed by atoms with Gasteiger partial charge < -0.3 is 9.84 Å². The average Bonchev–Trinajstić information content (AvgIpc) is 2.39. The van der Waals surface area contributed by atoms with Gasteiger partial charge in [-0.05, 0) is 18.4 Å². The summed E-state index contributed by atoms with van der Waals surface area (Å²) in [6, 6.07) is 9.68. The Labute approximate surface area is 102 Å². The van der Waals surface area contributed by atoms with Crippen molar-refractivity contribution in [3.63, 3.8) is 0 Å². The van der Waals surface area contributed by atoms with Crippen LogP contribution in [-0.2, 0) is 4.74 Å². The van der Waals surface area contributed by atoms with Crippen molar-refractivity contribution in [3.8, 4) is 12.3 Å². The maximum atomic E-state index is 9.82. The van der Waals surface area contributed by atoms with Crippen LogP contribution < -0.4 is 0 Å². The zero-order valence-electron chi connectivity index (χ0n) is 9.62. The zero-order valence-corrected chi connectivity index (χ0v) is 9.62. The molecule has 2 nitrogen and oxygen atoms in total. The Morgan fingerprint density at radius 1 is 1.24 bits per heavy atom. The lowest BCUT2D eigenvalue weighted by Gasteiger charge is -2.27. The number of ether oxygens (including phenoxy) is 1. The molecule has 2 rings (SSSR count). The molecule has 1 aromatic rings. The van der Waals surface area contributed by atoms with Crippen molar-refractivity contribution in [2.24, 2.45) is 0 Å². The molecule has 1 aliphatic rings. The molecule has 0 amide bonds. The van der Waals surface area contributed by atoms with Gasteiger partial charge in [0.2, 0.25) is 0 Å². The van der Waals surface area contributed by atoms with Crippen molar-refractivity contribution in [2.75, 3.05) is 0 Å². The highest BCUT2D eigenvalue weighted by Crippen LogP contribution is 2.24. The number of hydrogen-bond acceptors (Lipinski definition) is 2. The predicted molar refractivity (Wildman–Crippen MR) is 67.3 cm³/mol. The molecule has 0 bridgehead atoms. The molecule has 0 saturated carbocycles. The number of rotatable bonds is 3. The topological polar surface area (TPSA) is 29.5 Å². The molecular weight excluding hydrogens is 212 g/mol. The Balaban J connectivity index is 2.06. The van der Waals surface area contributed by atoms with Crippen LogP contribution in [0.25, 0.3) is 0 Å². The van der Waals surface area contributed by atoms with E-state index in [-0.39, 0.29) is 12.2 Å². The Morgan fingerprint density at radius 2 is 1.94 bits per heavy atom. The average molecular weight is 228 g/mol. The third-order valence-corrected chi connectivity index (χ3v) is 2.91. The van der Waals surface area contributed by atoms with Crippen molar-refractivity contribution < 1.29 is 9.84 Å². The number of terminal acetylenes is 1. The van der Waals surface area contributed by atoms with Crippen molar-refractivity contribution in [2.45, 2.75) is 31.2 Å². The van der Waals surface area contributed by atoms with Crippen molar-refractivity contribution in [1.82, 2.24) is 0 Å². The molecule has 0 fully saturated rings. The van der Waals surface area contributed by atoms with Crippen LogP contribution in [0.4, 0.5) is 0 Å². The molecule has 3 atom stereocenters. The summed E-state index contributed by atoms with van der Waals surface area (Å²) in [6.45, 7) is 0. The van der Waals surface area contributed by atoms with Gasteiger partial charge >= 0.3 is 0 Å². The van der Waals surface area contributed by atoms with Crippen LogP contribution in [-0.4, -0.2) is 17.3 Å². The summed E-state index contributed by atoms with van der Waals surface area (Å²) in [5.41, 5.74) is 0.955. The minimum Gasteiger partial charge on any atom is -0.390 e. The van der Waals surface area contributed by atoms with E-state index in [2.05, 4.69) is 5.92 Å². The van der Waals surface area contributed by atoms with Gasteiger partial charge in [0.25, 0.3) is 0 Å². The maximum absolute atomic E-state index is 9.82. The smallest absolute Gasteiger partial charge is 0.143 e. The Bertz CT molecular complexity index is 416. The van der Waals surface area contributed by atoms with Crippen LogP contribution in [0.3, 0.4) is 0 Å². The molecule has 0 unspecified atom stereocenters. The molecule has 1 aromatic carbocycles. The van der Waals surface area contributed by atoms with E-state index in [4.69, 9.17) is 11.2 Å². The molecule has 1 aliphatic carbocycles. The molecule has 0 radical (unpaired) electrons. The second-order valence-electron chi connectivity index (χ2n) is 4.14. The highest BCUT2D eigenvalue weighted by molar-refractivity contribution is 5.23. The molecule has 0 aromatic heterocycles. The van der Waals surface area contributed by atoms with Crippen LogP contribution in [0.1, 0.15) is 24.5 Å². The van der Waals surface area contributed by atoms with E-state index in [0.29, 0.717) is 12.8 Å². The van der Waals surface area contributed by atoms with Gasteiger partial charge in [-0.3, -0.25) is 0 Å². The van der Waals surface area contributed by atoms with Crippen LogP contribution in [0.5, 0.6) is 0 Å². The Hall–Kier alpha value is -1.56. The van der Waals surface area contributed by atoms with E-state index in [9.17, 15) is 5.11 Å². The van der Waals surface area contributed by atoms with Crippen molar-refractivity contribution in [3.05, 3.63) is 48.0 Å². The van der Waals surface area contributed by atoms with Crippen LogP contribution in [0, 0.1) is 12.3 Å². The third-order valence-electron chi connectivity index (χ3n) is 2.91. The first-order valence-corrected chi connectivity index (χ1v) is 5.81. The largest absolute Gasteiger partial charge is 0.390 e. The van der Waals surface area contributed by atoms with Gasteiger partial charge in [-0.2, -0.15) is 0 Å². The number of hydrogen-bond donors (Lipinski definition) is 1. The minimum absolute atomic E-state index is 0.207. The first kappa shape index (κ1) is 11.9. The summed E-state index contributed by atoms with van der Waals surface area (Å²) in [6.07, 6.45) is 9.78. The molecule has 17 heavy (non-hydrogen) atoms. The summed E-state index contributed by atoms with van der Waals surface area (Å²) in [7, 11) is 0. The summed E-state index contributed by atoms with van der Waals surface area (Å²) >= 11 is 0. The van der Waals surface area contributed by atoms with E-state index in [1.165, 1.54) is 0 Å². The quantitative estimate of drug-likeness (QED) is 0.636. The van der Waals surface area contributed by atoms with Gasteiger partial charge in [-0.15, -0.1) is 6.42 Å². The highest BCUT2D eigenvalue weighted by atomic mass is 16.5. The molecule has 0 heterocycles. The summed E-state index contributed by atoms with van der Waals surface area (Å²) in [5.74, 6) is 2.63. The van der Waals surface area contributed by atoms with E-state index < -0.39 is 6.10 Å². The molecule has 88 valence electrons. The van der Waals surface area contributed by atoms with Gasteiger partial charge in [0.1, 0.15) is 6.10 Å². The minimum atomic E-state index is -0.459. The zero-order chi connectivity index (χ0) is 12.1. The van der Waals surface area contributed by atoms with Gasteiger partial charge in [-0.1, -0.05) is 48.4 Å². The lowest BCUT2D eigenvalue weighted by atomic mass is 10.0. The maximum Gasteiger partial charge on any atom is 0.143 e. The number of benzene rings is 1. The van der Waals surface area contributed by atoms with Gasteiger partial charge in [0, 0.05) is 0 Å². The molecule has 0 aliphatic heterocycles. The van der Waals surface area contributed by atoms with E-state index in [1.807, 2.05) is 42.5 Å². The Morgan fingerprint density at radius 3 is 2.59 bits per heavy atom. The van der Waals surface area contributed by atoms with Gasteiger partial charge in [0.15, 0.2) is 0 Å². The van der Waals surface area contributed by atoms with Gasteiger partial charge in [-0.25, -0.2) is 0 Å². The summed E-state index contributed by atoms with van der Waals surface area (Å²) < 4.78 is 5.80. The normalized spacial score (nSPS) is 25.2. The van der Waals surface area contributed by atoms with Crippen LogP contribution in [0.15, 0.2) is 42.5 Å². The lowest BCUT2D eigenvalue weighted by Crippen LogP contribution is -2.31. The van der Waals surface area contributed by atoms with E-state index in [1.54, 1.807) is 0 Å². The van der Waals surface area contributed by atoms with E-state index in [0.717, 1.165) is 5.56 Å². The lowest BCUT2D eigenvalue weighted by molar-refractivity contribution is -0.0594. The summed E-state index contributed by atoms with van der Waals surface area (Å²) in [5, 5.41) is 9.82. The fourth-order valence-electron chi connectivity index (χ4n) is 1.94. The summed E-state index contributed by atoms with van der Waals surface area (Å²) in [4.78, 5) is 0. The van der Waals surface area contributed by atoms with Crippen molar-refractivity contribution >= 4 is 0 Å². The van der Waals surface area contributed by atoms with Crippen LogP contribution in [0.2, 0.25) is 0 Å². The monoisotopic (exact) mass is 228 g/mol. The predicted octanol–water partition coefficient (Wildman–Crippen LogP) is 2.46. The van der Waals surface area contributed by atoms with Gasteiger partial charge in [0.05, 0.1) is 12.2 Å². The molecule has 1 N–H and O–H groups in total. The van der Waals surface area contributed by atoms with E-state index >= 15 is 0 Å². The number of aliphatic hydroxyl groups is 1. The second-order valence-corrected chi connectivity index (χ2v) is 4.14.